The van der Waals surface area contributed by atoms with Crippen molar-refractivity contribution in [2.75, 3.05) is 0 Å². The molecule has 5 atom stereocenters. The van der Waals surface area contributed by atoms with Gasteiger partial charge in [0, 0.05) is 11.3 Å². The highest BCUT2D eigenvalue weighted by Gasteiger charge is 2.41. The normalized spacial score (nSPS) is 32.8. The summed E-state index contributed by atoms with van der Waals surface area (Å²) in [5, 5.41) is 1.11. The topological polar surface area (TPSA) is 48.4 Å². The zero-order valence-corrected chi connectivity index (χ0v) is 11.7. The van der Waals surface area contributed by atoms with Crippen molar-refractivity contribution in [3.8, 4) is 0 Å². The Hall–Kier alpha value is -1.32. The first-order valence-corrected chi connectivity index (χ1v) is 6.97. The Kier molecular flexibility index (Phi) is 3.11. The van der Waals surface area contributed by atoms with Gasteiger partial charge in [-0.1, -0.05) is 25.1 Å². The van der Waals surface area contributed by atoms with Crippen LogP contribution in [0, 0.1) is 11.8 Å². The van der Waals surface area contributed by atoms with Crippen molar-refractivity contribution in [2.45, 2.75) is 39.0 Å². The van der Waals surface area contributed by atoms with E-state index >= 15 is 0 Å². The van der Waals surface area contributed by atoms with Crippen LogP contribution in [0.2, 0.25) is 0 Å². The van der Waals surface area contributed by atoms with E-state index in [1.54, 1.807) is 0 Å². The molecule has 1 aromatic carbocycles. The van der Waals surface area contributed by atoms with Gasteiger partial charge < -0.3 is 14.9 Å². The highest BCUT2D eigenvalue weighted by atomic mass is 16.5. The zero-order chi connectivity index (χ0) is 13.6. The van der Waals surface area contributed by atoms with E-state index < -0.39 is 0 Å². The second-order valence-electron chi connectivity index (χ2n) is 5.70. The molecule has 3 nitrogen and oxygen atoms in total. The monoisotopic (exact) mass is 259 g/mol. The number of hydrogen-bond donors (Lipinski definition) is 1. The Morgan fingerprint density at radius 1 is 1.11 bits per heavy atom. The Labute approximate surface area is 113 Å². The number of nitrogens with two attached hydrogens (primary N) is 1. The fourth-order valence-corrected chi connectivity index (χ4v) is 3.27. The van der Waals surface area contributed by atoms with Crippen LogP contribution in [0.5, 0.6) is 0 Å². The van der Waals surface area contributed by atoms with Crippen LogP contribution in [0.4, 0.5) is 0 Å². The van der Waals surface area contributed by atoms with Gasteiger partial charge in [-0.05, 0) is 31.9 Å². The zero-order valence-electron chi connectivity index (χ0n) is 11.7. The van der Waals surface area contributed by atoms with Gasteiger partial charge in [-0.25, -0.2) is 0 Å². The molecule has 0 amide bonds. The standard InChI is InChI=1S/C16H21NO2/c1-9-10(2)18-11(3)15(9)16(17)14-8-12-6-4-5-7-13(12)19-14/h4-11,15-16H,17H2,1-3H3. The molecule has 0 spiro atoms. The molecule has 3 rings (SSSR count). The van der Waals surface area contributed by atoms with Crippen molar-refractivity contribution >= 4 is 11.0 Å². The van der Waals surface area contributed by atoms with Gasteiger partial charge in [0.1, 0.15) is 11.3 Å². The van der Waals surface area contributed by atoms with Crippen LogP contribution in [0.3, 0.4) is 0 Å². The number of fused-ring (bicyclic) bond motifs is 1. The molecule has 0 bridgehead atoms. The molecular formula is C16H21NO2. The largest absolute Gasteiger partial charge is 0.459 e. The van der Waals surface area contributed by atoms with Gasteiger partial charge in [-0.3, -0.25) is 0 Å². The number of benzene rings is 1. The summed E-state index contributed by atoms with van der Waals surface area (Å²) in [6.45, 7) is 6.43. The van der Waals surface area contributed by atoms with E-state index in [1.165, 1.54) is 0 Å². The molecule has 0 radical (unpaired) electrons. The minimum absolute atomic E-state index is 0.109. The maximum Gasteiger partial charge on any atom is 0.134 e. The van der Waals surface area contributed by atoms with E-state index in [0.717, 1.165) is 16.7 Å². The average molecular weight is 259 g/mol. The first-order valence-electron chi connectivity index (χ1n) is 6.97. The van der Waals surface area contributed by atoms with Gasteiger partial charge >= 0.3 is 0 Å². The smallest absolute Gasteiger partial charge is 0.134 e. The average Bonchev–Trinajstić information content (AvgIpc) is 2.91. The van der Waals surface area contributed by atoms with Crippen molar-refractivity contribution in [1.29, 1.82) is 0 Å². The molecule has 0 saturated carbocycles. The van der Waals surface area contributed by atoms with E-state index in [9.17, 15) is 0 Å². The second-order valence-corrected chi connectivity index (χ2v) is 5.70. The predicted octanol–water partition coefficient (Wildman–Crippen LogP) is 3.49. The fourth-order valence-electron chi connectivity index (χ4n) is 3.27. The summed E-state index contributed by atoms with van der Waals surface area (Å²) in [6.07, 6.45) is 0.434. The molecule has 2 N–H and O–H groups in total. The first-order chi connectivity index (χ1) is 9.08. The first kappa shape index (κ1) is 12.7. The molecular weight excluding hydrogens is 238 g/mol. The quantitative estimate of drug-likeness (QED) is 0.898. The minimum atomic E-state index is -0.109. The van der Waals surface area contributed by atoms with Crippen LogP contribution in [0.15, 0.2) is 34.7 Å². The summed E-state index contributed by atoms with van der Waals surface area (Å²) in [6, 6.07) is 9.97. The summed E-state index contributed by atoms with van der Waals surface area (Å²) in [5.74, 6) is 1.61. The van der Waals surface area contributed by atoms with Crippen LogP contribution in [-0.2, 0) is 4.74 Å². The minimum Gasteiger partial charge on any atom is -0.459 e. The van der Waals surface area contributed by atoms with Crippen LogP contribution in [0.1, 0.15) is 32.6 Å². The van der Waals surface area contributed by atoms with Crippen LogP contribution < -0.4 is 5.73 Å². The van der Waals surface area contributed by atoms with Gasteiger partial charge in [0.05, 0.1) is 18.2 Å². The predicted molar refractivity (Wildman–Crippen MR) is 75.8 cm³/mol. The maximum absolute atomic E-state index is 6.43. The molecule has 1 saturated heterocycles. The molecule has 2 aromatic rings. The molecule has 1 aliphatic rings. The number of ether oxygens (including phenoxy) is 1. The van der Waals surface area contributed by atoms with Gasteiger partial charge in [-0.2, -0.15) is 0 Å². The van der Waals surface area contributed by atoms with E-state index in [2.05, 4.69) is 32.9 Å². The van der Waals surface area contributed by atoms with Crippen LogP contribution in [-0.4, -0.2) is 12.2 Å². The lowest BCUT2D eigenvalue weighted by atomic mass is 9.83. The molecule has 1 aliphatic heterocycles. The molecule has 102 valence electrons. The highest BCUT2D eigenvalue weighted by Crippen LogP contribution is 2.40. The third-order valence-electron chi connectivity index (χ3n) is 4.51. The molecule has 1 fully saturated rings. The highest BCUT2D eigenvalue weighted by molar-refractivity contribution is 5.77. The molecule has 5 unspecified atom stereocenters. The van der Waals surface area contributed by atoms with Crippen molar-refractivity contribution in [3.63, 3.8) is 0 Å². The van der Waals surface area contributed by atoms with E-state index in [-0.39, 0.29) is 18.2 Å². The van der Waals surface area contributed by atoms with Crippen molar-refractivity contribution in [3.05, 3.63) is 36.1 Å². The summed E-state index contributed by atoms with van der Waals surface area (Å²) in [7, 11) is 0. The number of furan rings is 1. The lowest BCUT2D eigenvalue weighted by molar-refractivity contribution is 0.0483. The third-order valence-corrected chi connectivity index (χ3v) is 4.51. The summed E-state index contributed by atoms with van der Waals surface area (Å²) in [5.41, 5.74) is 7.34. The van der Waals surface area contributed by atoms with Gasteiger partial charge in [0.25, 0.3) is 0 Å². The van der Waals surface area contributed by atoms with E-state index in [4.69, 9.17) is 14.9 Å². The van der Waals surface area contributed by atoms with Crippen molar-refractivity contribution in [2.24, 2.45) is 17.6 Å². The molecule has 0 aliphatic carbocycles. The fraction of sp³-hybridized carbons (Fsp3) is 0.500. The Balaban J connectivity index is 1.93. The summed E-state index contributed by atoms with van der Waals surface area (Å²) < 4.78 is 11.8. The second kappa shape index (κ2) is 4.66. The number of rotatable bonds is 2. The Bertz CT molecular complexity index is 544. The maximum atomic E-state index is 6.43. The summed E-state index contributed by atoms with van der Waals surface area (Å²) in [4.78, 5) is 0. The molecule has 19 heavy (non-hydrogen) atoms. The Morgan fingerprint density at radius 3 is 2.47 bits per heavy atom. The molecule has 1 aromatic heterocycles. The van der Waals surface area contributed by atoms with Gasteiger partial charge in [-0.15, -0.1) is 0 Å². The summed E-state index contributed by atoms with van der Waals surface area (Å²) >= 11 is 0. The van der Waals surface area contributed by atoms with E-state index in [1.807, 2.05) is 18.2 Å². The SMILES string of the molecule is CC1OC(C)C(C(N)c2cc3ccccc3o2)C1C. The molecule has 3 heteroatoms. The van der Waals surface area contributed by atoms with Crippen LogP contribution in [0.25, 0.3) is 11.0 Å². The van der Waals surface area contributed by atoms with E-state index in [0.29, 0.717) is 11.8 Å². The lowest BCUT2D eigenvalue weighted by Crippen LogP contribution is -2.30. The third kappa shape index (κ3) is 2.07. The van der Waals surface area contributed by atoms with Gasteiger partial charge in [0.15, 0.2) is 0 Å². The van der Waals surface area contributed by atoms with Crippen molar-refractivity contribution < 1.29 is 9.15 Å². The Morgan fingerprint density at radius 2 is 1.84 bits per heavy atom. The molecule has 2 heterocycles. The number of para-hydroxylation sites is 1. The van der Waals surface area contributed by atoms with Crippen LogP contribution >= 0.6 is 0 Å². The van der Waals surface area contributed by atoms with Crippen molar-refractivity contribution in [1.82, 2.24) is 0 Å². The van der Waals surface area contributed by atoms with Gasteiger partial charge in [0.2, 0.25) is 0 Å². The lowest BCUT2D eigenvalue weighted by Gasteiger charge is -2.23. The number of hydrogen-bond acceptors (Lipinski definition) is 3.